The van der Waals surface area contributed by atoms with Gasteiger partial charge in [-0.2, -0.15) is 0 Å². The Balaban J connectivity index is 1.52. The van der Waals surface area contributed by atoms with Crippen LogP contribution in [0.2, 0.25) is 0 Å². The average Bonchev–Trinajstić information content (AvgIpc) is 2.59. The number of unbranched alkanes of at least 4 members (excludes halogenated alkanes) is 1. The van der Waals surface area contributed by atoms with Crippen LogP contribution in [0, 0.1) is 5.92 Å². The number of hydrogen-bond acceptors (Lipinski definition) is 5. The highest BCUT2D eigenvalue weighted by molar-refractivity contribution is 5.81. The largest absolute Gasteiger partial charge is 0.516 e. The van der Waals surface area contributed by atoms with Crippen LogP contribution in [0.3, 0.4) is 0 Å². The maximum absolute atomic E-state index is 11.6. The Morgan fingerprint density at radius 2 is 1.83 bits per heavy atom. The molecule has 1 aliphatic rings. The van der Waals surface area contributed by atoms with Crippen LogP contribution in [-0.2, 0) is 20.9 Å². The number of benzene rings is 1. The highest BCUT2D eigenvalue weighted by atomic mass is 16.7. The van der Waals surface area contributed by atoms with E-state index >= 15 is 0 Å². The molecule has 0 aliphatic carbocycles. The second kappa shape index (κ2) is 10.0. The van der Waals surface area contributed by atoms with Crippen LogP contribution in [0.1, 0.15) is 44.1 Å². The first kappa shape index (κ1) is 17.5. The first-order valence-electron chi connectivity index (χ1n) is 8.36. The second-order valence-electron chi connectivity index (χ2n) is 5.94. The van der Waals surface area contributed by atoms with Gasteiger partial charge < -0.3 is 14.8 Å². The van der Waals surface area contributed by atoms with Crippen molar-refractivity contribution in [2.24, 2.45) is 5.92 Å². The van der Waals surface area contributed by atoms with Gasteiger partial charge in [0.2, 0.25) is 0 Å². The van der Waals surface area contributed by atoms with Gasteiger partial charge in [-0.05, 0) is 43.8 Å². The third-order valence-electron chi connectivity index (χ3n) is 4.10. The van der Waals surface area contributed by atoms with Crippen molar-refractivity contribution < 1.29 is 19.1 Å². The molecule has 0 saturated carbocycles. The van der Waals surface area contributed by atoms with E-state index in [1.54, 1.807) is 0 Å². The molecule has 126 valence electrons. The summed E-state index contributed by atoms with van der Waals surface area (Å²) in [6, 6.07) is 9.29. The predicted molar refractivity (Wildman–Crippen MR) is 86.8 cm³/mol. The number of rotatable bonds is 7. The van der Waals surface area contributed by atoms with Crippen LogP contribution in [0.25, 0.3) is 0 Å². The molecular weight excluding hydrogens is 294 g/mol. The van der Waals surface area contributed by atoms with E-state index < -0.39 is 12.1 Å². The smallest absolute Gasteiger partial charge is 0.429 e. The molecule has 0 unspecified atom stereocenters. The van der Waals surface area contributed by atoms with Crippen molar-refractivity contribution in [3.63, 3.8) is 0 Å². The van der Waals surface area contributed by atoms with E-state index in [-0.39, 0.29) is 13.0 Å². The second-order valence-corrected chi connectivity index (χ2v) is 5.94. The minimum atomic E-state index is -0.919. The van der Waals surface area contributed by atoms with Gasteiger partial charge in [0.15, 0.2) is 0 Å². The summed E-state index contributed by atoms with van der Waals surface area (Å²) in [4.78, 5) is 23.0. The molecule has 1 N–H and O–H groups in total. The monoisotopic (exact) mass is 319 g/mol. The molecule has 0 bridgehead atoms. The molecule has 0 amide bonds. The summed E-state index contributed by atoms with van der Waals surface area (Å²) in [5.74, 6) is 0.261. The number of carbonyl (C=O) groups is 2. The fraction of sp³-hybridized carbons (Fsp3) is 0.556. The molecule has 1 fully saturated rings. The average molecular weight is 319 g/mol. The van der Waals surface area contributed by atoms with Gasteiger partial charge in [-0.3, -0.25) is 4.79 Å². The van der Waals surface area contributed by atoms with Crippen molar-refractivity contribution in [1.29, 1.82) is 0 Å². The molecule has 2 rings (SSSR count). The number of hydrogen-bond donors (Lipinski definition) is 1. The van der Waals surface area contributed by atoms with E-state index in [9.17, 15) is 9.59 Å². The van der Waals surface area contributed by atoms with Crippen molar-refractivity contribution >= 4 is 12.1 Å². The Kier molecular flexibility index (Phi) is 7.60. The van der Waals surface area contributed by atoms with Gasteiger partial charge in [-0.15, -0.1) is 0 Å². The Hall–Kier alpha value is -1.88. The molecule has 0 spiro atoms. The van der Waals surface area contributed by atoms with Gasteiger partial charge in [-0.25, -0.2) is 4.79 Å². The van der Waals surface area contributed by atoms with Crippen LogP contribution < -0.4 is 5.32 Å². The number of nitrogens with one attached hydrogen (secondary N) is 1. The van der Waals surface area contributed by atoms with Gasteiger partial charge in [0.1, 0.15) is 6.61 Å². The summed E-state index contributed by atoms with van der Waals surface area (Å²) in [7, 11) is 0. The fourth-order valence-corrected chi connectivity index (χ4v) is 2.76. The Bertz CT molecular complexity index is 483. The Labute approximate surface area is 137 Å². The number of carbonyl (C=O) groups excluding carboxylic acids is 2. The lowest BCUT2D eigenvalue weighted by Gasteiger charge is -2.22. The standard InChI is InChI=1S/C18H25NO4/c20-17(9-5-4-6-15-10-12-19-13-11-15)23-18(21)22-14-16-7-2-1-3-8-16/h1-3,7-8,15,19H,4-6,9-14H2. The van der Waals surface area contributed by atoms with Gasteiger partial charge >= 0.3 is 12.1 Å². The van der Waals surface area contributed by atoms with Gasteiger partial charge in [0.25, 0.3) is 0 Å². The minimum absolute atomic E-state index is 0.114. The van der Waals surface area contributed by atoms with E-state index in [0.29, 0.717) is 0 Å². The Morgan fingerprint density at radius 3 is 2.57 bits per heavy atom. The minimum Gasteiger partial charge on any atom is -0.429 e. The van der Waals surface area contributed by atoms with Crippen molar-refractivity contribution in [2.45, 2.75) is 45.1 Å². The predicted octanol–water partition coefficient (Wildman–Crippen LogP) is 3.43. The Morgan fingerprint density at radius 1 is 1.09 bits per heavy atom. The third kappa shape index (κ3) is 7.28. The number of esters is 1. The van der Waals surface area contributed by atoms with Crippen LogP contribution in [-0.4, -0.2) is 25.2 Å². The van der Waals surface area contributed by atoms with E-state index in [1.807, 2.05) is 30.3 Å². The zero-order valence-electron chi connectivity index (χ0n) is 13.5. The zero-order chi connectivity index (χ0) is 16.3. The van der Waals surface area contributed by atoms with Crippen LogP contribution >= 0.6 is 0 Å². The van der Waals surface area contributed by atoms with E-state index in [1.165, 1.54) is 12.8 Å². The SMILES string of the molecule is O=C(CCCCC1CCNCC1)OC(=O)OCc1ccccc1. The van der Waals surface area contributed by atoms with Gasteiger partial charge in [-0.1, -0.05) is 43.2 Å². The maximum atomic E-state index is 11.6. The van der Waals surface area contributed by atoms with Crippen LogP contribution in [0.5, 0.6) is 0 Å². The van der Waals surface area contributed by atoms with Crippen molar-refractivity contribution in [1.82, 2.24) is 5.32 Å². The lowest BCUT2D eigenvalue weighted by molar-refractivity contribution is -0.140. The van der Waals surface area contributed by atoms with Crippen molar-refractivity contribution in [3.8, 4) is 0 Å². The number of ether oxygens (including phenoxy) is 2. The molecule has 1 saturated heterocycles. The quantitative estimate of drug-likeness (QED) is 0.474. The molecule has 1 aromatic carbocycles. The highest BCUT2D eigenvalue weighted by Crippen LogP contribution is 2.19. The highest BCUT2D eigenvalue weighted by Gasteiger charge is 2.14. The van der Waals surface area contributed by atoms with Crippen LogP contribution in [0.4, 0.5) is 4.79 Å². The normalized spacial score (nSPS) is 15.1. The first-order chi connectivity index (χ1) is 11.2. The molecule has 5 nitrogen and oxygen atoms in total. The van der Waals surface area contributed by atoms with Gasteiger partial charge in [0, 0.05) is 6.42 Å². The molecule has 5 heteroatoms. The topological polar surface area (TPSA) is 64.6 Å². The van der Waals surface area contributed by atoms with E-state index in [2.05, 4.69) is 10.1 Å². The number of piperidine rings is 1. The molecule has 1 heterocycles. The summed E-state index contributed by atoms with van der Waals surface area (Å²) in [6.07, 6.45) is 4.69. The van der Waals surface area contributed by atoms with Gasteiger partial charge in [0.05, 0.1) is 0 Å². The molecule has 0 atom stereocenters. The first-order valence-corrected chi connectivity index (χ1v) is 8.36. The maximum Gasteiger partial charge on any atom is 0.516 e. The molecule has 23 heavy (non-hydrogen) atoms. The van der Waals surface area contributed by atoms with E-state index in [0.717, 1.165) is 43.8 Å². The summed E-state index contributed by atoms with van der Waals surface area (Å²) < 4.78 is 9.57. The molecule has 0 radical (unpaired) electrons. The van der Waals surface area contributed by atoms with E-state index in [4.69, 9.17) is 4.74 Å². The lowest BCUT2D eigenvalue weighted by Crippen LogP contribution is -2.27. The molecular formula is C18H25NO4. The summed E-state index contributed by atoms with van der Waals surface area (Å²) in [5, 5.41) is 3.34. The summed E-state index contributed by atoms with van der Waals surface area (Å²) >= 11 is 0. The molecule has 0 aromatic heterocycles. The molecule has 1 aromatic rings. The lowest BCUT2D eigenvalue weighted by atomic mass is 9.92. The van der Waals surface area contributed by atoms with Crippen LogP contribution in [0.15, 0.2) is 30.3 Å². The van der Waals surface area contributed by atoms with Crippen molar-refractivity contribution in [2.75, 3.05) is 13.1 Å². The summed E-state index contributed by atoms with van der Waals surface area (Å²) in [6.45, 7) is 2.31. The van der Waals surface area contributed by atoms with Crippen molar-refractivity contribution in [3.05, 3.63) is 35.9 Å². The zero-order valence-corrected chi connectivity index (χ0v) is 13.5. The molecule has 1 aliphatic heterocycles. The third-order valence-corrected chi connectivity index (χ3v) is 4.10. The summed E-state index contributed by atoms with van der Waals surface area (Å²) in [5.41, 5.74) is 0.860. The fourth-order valence-electron chi connectivity index (χ4n) is 2.76.